The van der Waals surface area contributed by atoms with Gasteiger partial charge in [-0.1, -0.05) is 49.6 Å². The van der Waals surface area contributed by atoms with Crippen LogP contribution < -0.4 is 0 Å². The number of hydrogen-bond donors (Lipinski definition) is 0. The number of esters is 2. The van der Waals surface area contributed by atoms with Crippen LogP contribution in [0.2, 0.25) is 0 Å². The van der Waals surface area contributed by atoms with E-state index >= 15 is 0 Å². The summed E-state index contributed by atoms with van der Waals surface area (Å²) in [6.45, 7) is 14.8. The molecule has 0 spiro atoms. The summed E-state index contributed by atoms with van der Waals surface area (Å²) < 4.78 is 35.7. The van der Waals surface area contributed by atoms with Crippen LogP contribution in [0.3, 0.4) is 0 Å². The van der Waals surface area contributed by atoms with Crippen molar-refractivity contribution in [1.29, 1.82) is 0 Å². The lowest BCUT2D eigenvalue weighted by Gasteiger charge is -2.33. The molecule has 0 N–H and O–H groups in total. The molecule has 202 valence electrons. The van der Waals surface area contributed by atoms with Crippen molar-refractivity contribution < 1.29 is 38.0 Å². The topological polar surface area (TPSA) is 89.5 Å². The van der Waals surface area contributed by atoms with Crippen molar-refractivity contribution in [3.05, 3.63) is 83.9 Å². The first kappa shape index (κ1) is 27.7. The van der Waals surface area contributed by atoms with E-state index in [4.69, 9.17) is 28.4 Å². The fourth-order valence-corrected chi connectivity index (χ4v) is 4.36. The van der Waals surface area contributed by atoms with Gasteiger partial charge in [0, 0.05) is 0 Å². The smallest absolute Gasteiger partial charge is 0.338 e. The van der Waals surface area contributed by atoms with Gasteiger partial charge in [-0.15, -0.1) is 0 Å². The van der Waals surface area contributed by atoms with Gasteiger partial charge in [-0.25, -0.2) is 9.59 Å². The van der Waals surface area contributed by atoms with Crippen LogP contribution in [0, 0.1) is 0 Å². The summed E-state index contributed by atoms with van der Waals surface area (Å²) in [5.74, 6) is -3.04. The zero-order valence-corrected chi connectivity index (χ0v) is 22.2. The van der Waals surface area contributed by atoms with Gasteiger partial charge in [0.25, 0.3) is 0 Å². The Bertz CT molecular complexity index is 1070. The van der Waals surface area contributed by atoms with E-state index in [-0.39, 0.29) is 13.2 Å². The van der Waals surface area contributed by atoms with Crippen LogP contribution in [0.1, 0.15) is 59.5 Å². The predicted octanol–water partition coefficient (Wildman–Crippen LogP) is 5.03. The Morgan fingerprint density at radius 3 is 1.34 bits per heavy atom. The standard InChI is InChI=1S/C30H34O8/c1-7-19-9-13-21(14-10-19)27(31)35-25(23-17-33-29(3,4)37-23)26(24-18-34-30(5,6)38-24)36-28(32)22-15-11-20(8-2)12-16-22/h7-16,23-26H,1-2,17-18H2,3-6H3/t23-,24-,25?,26?/m1/s1. The fourth-order valence-electron chi connectivity index (χ4n) is 4.36. The molecule has 2 aromatic carbocycles. The van der Waals surface area contributed by atoms with Gasteiger partial charge in [0.2, 0.25) is 0 Å². The molecule has 0 bridgehead atoms. The highest BCUT2D eigenvalue weighted by Crippen LogP contribution is 2.33. The molecule has 2 unspecified atom stereocenters. The quantitative estimate of drug-likeness (QED) is 0.424. The Labute approximate surface area is 223 Å². The van der Waals surface area contributed by atoms with Gasteiger partial charge in [0.05, 0.1) is 24.3 Å². The van der Waals surface area contributed by atoms with Gasteiger partial charge in [-0.3, -0.25) is 0 Å². The van der Waals surface area contributed by atoms with Crippen LogP contribution in [0.5, 0.6) is 0 Å². The fraction of sp³-hybridized carbons (Fsp3) is 0.400. The lowest BCUT2D eigenvalue weighted by Crippen LogP contribution is -2.51. The maximum atomic E-state index is 13.3. The Kier molecular flexibility index (Phi) is 8.18. The van der Waals surface area contributed by atoms with E-state index in [9.17, 15) is 9.59 Å². The second-order valence-electron chi connectivity index (χ2n) is 10.1. The minimum Gasteiger partial charge on any atom is -0.452 e. The average molecular weight is 523 g/mol. The minimum absolute atomic E-state index is 0.124. The van der Waals surface area contributed by atoms with E-state index in [1.54, 1.807) is 88.4 Å². The highest BCUT2D eigenvalue weighted by Gasteiger charge is 2.50. The number of carbonyl (C=O) groups excluding carboxylic acids is 2. The van der Waals surface area contributed by atoms with Crippen LogP contribution in [0.25, 0.3) is 12.2 Å². The SMILES string of the molecule is C=Cc1ccc(C(=O)OC(C(OC(=O)c2ccc(C=C)cc2)[C@H]2COC(C)(C)O2)[C@H]2COC(C)(C)O2)cc1. The van der Waals surface area contributed by atoms with E-state index < -0.39 is 47.9 Å². The summed E-state index contributed by atoms with van der Waals surface area (Å²) in [5.41, 5.74) is 2.38. The van der Waals surface area contributed by atoms with Gasteiger partial charge < -0.3 is 28.4 Å². The van der Waals surface area contributed by atoms with Gasteiger partial charge in [0.1, 0.15) is 12.2 Å². The lowest BCUT2D eigenvalue weighted by atomic mass is 10.0. The Morgan fingerprint density at radius 2 is 1.08 bits per heavy atom. The molecule has 0 saturated carbocycles. The van der Waals surface area contributed by atoms with Gasteiger partial charge in [-0.2, -0.15) is 0 Å². The highest BCUT2D eigenvalue weighted by molar-refractivity contribution is 5.90. The molecule has 2 aliphatic heterocycles. The molecule has 4 atom stereocenters. The summed E-state index contributed by atoms with van der Waals surface area (Å²) in [4.78, 5) is 26.6. The van der Waals surface area contributed by atoms with Crippen LogP contribution in [0.4, 0.5) is 0 Å². The Hall–Kier alpha value is -3.30. The summed E-state index contributed by atoms with van der Waals surface area (Å²) in [5, 5.41) is 0. The van der Waals surface area contributed by atoms with Crippen LogP contribution in [0.15, 0.2) is 61.7 Å². The molecule has 2 saturated heterocycles. The molecule has 0 amide bonds. The summed E-state index contributed by atoms with van der Waals surface area (Å²) in [6, 6.07) is 13.6. The molecule has 4 rings (SSSR count). The van der Waals surface area contributed by atoms with Crippen molar-refractivity contribution in [3.8, 4) is 0 Å². The third-order valence-electron chi connectivity index (χ3n) is 6.37. The van der Waals surface area contributed by atoms with Crippen molar-refractivity contribution in [2.24, 2.45) is 0 Å². The largest absolute Gasteiger partial charge is 0.452 e. The van der Waals surface area contributed by atoms with Crippen molar-refractivity contribution in [2.45, 2.75) is 63.7 Å². The van der Waals surface area contributed by atoms with E-state index in [2.05, 4.69) is 13.2 Å². The normalized spacial score (nSPS) is 23.3. The molecule has 0 aliphatic carbocycles. The zero-order chi connectivity index (χ0) is 27.5. The predicted molar refractivity (Wildman–Crippen MR) is 141 cm³/mol. The van der Waals surface area contributed by atoms with E-state index in [1.165, 1.54) is 0 Å². The second kappa shape index (κ2) is 11.2. The van der Waals surface area contributed by atoms with E-state index in [0.717, 1.165) is 11.1 Å². The third kappa shape index (κ3) is 6.57. The number of carbonyl (C=O) groups is 2. The van der Waals surface area contributed by atoms with Crippen molar-refractivity contribution in [2.75, 3.05) is 13.2 Å². The summed E-state index contributed by atoms with van der Waals surface area (Å²) >= 11 is 0. The summed E-state index contributed by atoms with van der Waals surface area (Å²) in [6.07, 6.45) is -0.200. The Morgan fingerprint density at radius 1 is 0.737 bits per heavy atom. The second-order valence-corrected chi connectivity index (χ2v) is 10.1. The molecular formula is C30H34O8. The molecule has 38 heavy (non-hydrogen) atoms. The molecule has 0 radical (unpaired) electrons. The number of benzene rings is 2. The molecule has 2 heterocycles. The Balaban J connectivity index is 1.66. The number of rotatable bonds is 9. The van der Waals surface area contributed by atoms with Crippen molar-refractivity contribution in [3.63, 3.8) is 0 Å². The number of hydrogen-bond acceptors (Lipinski definition) is 8. The monoisotopic (exact) mass is 522 g/mol. The first-order chi connectivity index (χ1) is 18.0. The summed E-state index contributed by atoms with van der Waals surface area (Å²) in [7, 11) is 0. The van der Waals surface area contributed by atoms with Crippen molar-refractivity contribution in [1.82, 2.24) is 0 Å². The maximum absolute atomic E-state index is 13.3. The molecular weight excluding hydrogens is 488 g/mol. The molecule has 2 fully saturated rings. The van der Waals surface area contributed by atoms with Crippen LogP contribution >= 0.6 is 0 Å². The molecule has 8 heteroatoms. The van der Waals surface area contributed by atoms with Gasteiger partial charge >= 0.3 is 11.9 Å². The van der Waals surface area contributed by atoms with Crippen molar-refractivity contribution >= 4 is 24.1 Å². The average Bonchev–Trinajstić information content (AvgIpc) is 3.46. The maximum Gasteiger partial charge on any atom is 0.338 e. The van der Waals surface area contributed by atoms with Gasteiger partial charge in [0.15, 0.2) is 23.8 Å². The highest BCUT2D eigenvalue weighted by atomic mass is 16.8. The first-order valence-corrected chi connectivity index (χ1v) is 12.5. The van der Waals surface area contributed by atoms with Crippen LogP contribution in [-0.2, 0) is 28.4 Å². The van der Waals surface area contributed by atoms with Gasteiger partial charge in [-0.05, 0) is 63.1 Å². The van der Waals surface area contributed by atoms with Crippen LogP contribution in [-0.4, -0.2) is 61.1 Å². The molecule has 8 nitrogen and oxygen atoms in total. The number of ether oxygens (including phenoxy) is 6. The lowest BCUT2D eigenvalue weighted by molar-refractivity contribution is -0.185. The molecule has 2 aliphatic rings. The molecule has 0 aromatic heterocycles. The molecule has 2 aromatic rings. The first-order valence-electron chi connectivity index (χ1n) is 12.5. The van der Waals surface area contributed by atoms with E-state index in [0.29, 0.717) is 11.1 Å². The minimum atomic E-state index is -1.05. The third-order valence-corrected chi connectivity index (χ3v) is 6.37. The van der Waals surface area contributed by atoms with E-state index in [1.807, 2.05) is 0 Å². The zero-order valence-electron chi connectivity index (χ0n) is 22.2.